The summed E-state index contributed by atoms with van der Waals surface area (Å²) in [6.45, 7) is 6.02. The first-order valence-corrected chi connectivity index (χ1v) is 7.75. The Morgan fingerprint density at radius 1 is 1.42 bits per heavy atom. The van der Waals surface area contributed by atoms with Gasteiger partial charge in [0.15, 0.2) is 11.6 Å². The van der Waals surface area contributed by atoms with Gasteiger partial charge in [-0.3, -0.25) is 4.21 Å². The van der Waals surface area contributed by atoms with Crippen LogP contribution >= 0.6 is 0 Å². The van der Waals surface area contributed by atoms with Gasteiger partial charge in [0.2, 0.25) is 0 Å². The molecule has 1 aromatic carbocycles. The molecule has 0 saturated carbocycles. The van der Waals surface area contributed by atoms with Gasteiger partial charge in [-0.15, -0.1) is 0 Å². The average molecular weight is 288 g/mol. The predicted molar refractivity (Wildman–Crippen MR) is 78.6 cm³/mol. The van der Waals surface area contributed by atoms with E-state index < -0.39 is 16.6 Å². The van der Waals surface area contributed by atoms with E-state index >= 15 is 0 Å². The number of hydrogen-bond acceptors (Lipinski definition) is 4. The topological polar surface area (TPSA) is 64.3 Å². The highest BCUT2D eigenvalue weighted by atomic mass is 32.2. The molecule has 0 aromatic heterocycles. The van der Waals surface area contributed by atoms with Crippen molar-refractivity contribution in [3.05, 3.63) is 17.9 Å². The van der Waals surface area contributed by atoms with E-state index in [1.165, 1.54) is 12.1 Å². The summed E-state index contributed by atoms with van der Waals surface area (Å²) in [6.07, 6.45) is 1.53. The van der Waals surface area contributed by atoms with Crippen LogP contribution in [0.5, 0.6) is 5.75 Å². The van der Waals surface area contributed by atoms with Crippen molar-refractivity contribution in [2.75, 3.05) is 23.9 Å². The second-order valence-corrected chi connectivity index (χ2v) is 6.53. The van der Waals surface area contributed by atoms with E-state index in [2.05, 4.69) is 5.32 Å². The third kappa shape index (κ3) is 4.70. The largest absolute Gasteiger partial charge is 0.488 e. The Kier molecular flexibility index (Phi) is 5.60. The summed E-state index contributed by atoms with van der Waals surface area (Å²) in [7, 11) is -0.918. The zero-order chi connectivity index (χ0) is 14.6. The number of anilines is 2. The van der Waals surface area contributed by atoms with Gasteiger partial charge in [-0.25, -0.2) is 4.39 Å². The highest BCUT2D eigenvalue weighted by Crippen LogP contribution is 2.28. The number of ether oxygens (including phenoxy) is 1. The van der Waals surface area contributed by atoms with E-state index in [1.807, 2.05) is 20.8 Å². The summed E-state index contributed by atoms with van der Waals surface area (Å²) in [5.74, 6) is -0.319. The molecule has 0 aliphatic heterocycles. The number of nitrogens with two attached hydrogens (primary N) is 1. The van der Waals surface area contributed by atoms with Gasteiger partial charge in [0.1, 0.15) is 0 Å². The fraction of sp³-hybridized carbons (Fsp3) is 0.538. The molecule has 0 amide bonds. The molecule has 0 bridgehead atoms. The number of rotatable bonds is 6. The molecule has 2 unspecified atom stereocenters. The lowest BCUT2D eigenvalue weighted by atomic mass is 10.2. The van der Waals surface area contributed by atoms with Gasteiger partial charge in [0, 0.05) is 41.0 Å². The average Bonchev–Trinajstić information content (AvgIpc) is 2.30. The maximum absolute atomic E-state index is 13.6. The summed E-state index contributed by atoms with van der Waals surface area (Å²) in [5, 5.41) is 3.06. The third-order valence-electron chi connectivity index (χ3n) is 2.61. The van der Waals surface area contributed by atoms with E-state index in [0.29, 0.717) is 17.9 Å². The molecular weight excluding hydrogens is 267 g/mol. The molecule has 0 aliphatic carbocycles. The smallest absolute Gasteiger partial charge is 0.167 e. The molecule has 1 rings (SSSR count). The first kappa shape index (κ1) is 15.8. The molecule has 0 radical (unpaired) electrons. The van der Waals surface area contributed by atoms with Crippen molar-refractivity contribution in [3.8, 4) is 5.75 Å². The van der Waals surface area contributed by atoms with Crippen molar-refractivity contribution < 1.29 is 13.3 Å². The normalized spacial score (nSPS) is 14.2. The fourth-order valence-electron chi connectivity index (χ4n) is 1.44. The minimum Gasteiger partial charge on any atom is -0.488 e. The Hall–Kier alpha value is -1.30. The fourth-order valence-corrected chi connectivity index (χ4v) is 1.76. The molecule has 3 N–H and O–H groups in total. The minimum atomic E-state index is -0.918. The predicted octanol–water partition coefficient (Wildman–Crippen LogP) is 2.37. The lowest BCUT2D eigenvalue weighted by Gasteiger charge is -2.16. The van der Waals surface area contributed by atoms with Crippen molar-refractivity contribution in [1.82, 2.24) is 0 Å². The minimum absolute atomic E-state index is 0.0149. The van der Waals surface area contributed by atoms with E-state index in [1.54, 1.807) is 6.26 Å². The molecule has 4 nitrogen and oxygen atoms in total. The van der Waals surface area contributed by atoms with Crippen LogP contribution in [0.4, 0.5) is 15.8 Å². The van der Waals surface area contributed by atoms with E-state index in [9.17, 15) is 8.60 Å². The van der Waals surface area contributed by atoms with E-state index in [-0.39, 0.29) is 17.1 Å². The van der Waals surface area contributed by atoms with Gasteiger partial charge in [-0.05, 0) is 20.8 Å². The molecule has 0 saturated heterocycles. The molecular formula is C13H21FN2O2S. The molecule has 6 heteroatoms. The maximum Gasteiger partial charge on any atom is 0.167 e. The number of halogens is 1. The highest BCUT2D eigenvalue weighted by molar-refractivity contribution is 7.84. The van der Waals surface area contributed by atoms with Gasteiger partial charge < -0.3 is 15.8 Å². The van der Waals surface area contributed by atoms with Crippen LogP contribution in [-0.4, -0.2) is 28.4 Å². The standard InChI is InChI=1S/C13H21FN2O2S/c1-8(2)18-13-6-12(11(15)5-10(13)14)16-7-9(3)19(4)17/h5-6,8-9,16H,7,15H2,1-4H3. The SMILES string of the molecule is CC(C)Oc1cc(NCC(C)S(C)=O)c(N)cc1F. The zero-order valence-electron chi connectivity index (χ0n) is 11.7. The number of benzene rings is 1. The van der Waals surface area contributed by atoms with Crippen molar-refractivity contribution in [2.24, 2.45) is 0 Å². The van der Waals surface area contributed by atoms with E-state index in [0.717, 1.165) is 0 Å². The zero-order valence-corrected chi connectivity index (χ0v) is 12.5. The summed E-state index contributed by atoms with van der Waals surface area (Å²) in [4.78, 5) is 0. The number of nitrogen functional groups attached to an aromatic ring is 1. The van der Waals surface area contributed by atoms with Crippen LogP contribution < -0.4 is 15.8 Å². The highest BCUT2D eigenvalue weighted by Gasteiger charge is 2.12. The number of hydrogen-bond donors (Lipinski definition) is 2. The quantitative estimate of drug-likeness (QED) is 0.789. The van der Waals surface area contributed by atoms with Crippen molar-refractivity contribution in [2.45, 2.75) is 32.1 Å². The van der Waals surface area contributed by atoms with Crippen LogP contribution in [0.25, 0.3) is 0 Å². The molecule has 0 aliphatic rings. The molecule has 2 atom stereocenters. The molecule has 0 spiro atoms. The summed E-state index contributed by atoms with van der Waals surface area (Å²) in [5.41, 5.74) is 6.65. The van der Waals surface area contributed by atoms with Crippen molar-refractivity contribution in [3.63, 3.8) is 0 Å². The lowest BCUT2D eigenvalue weighted by molar-refractivity contribution is 0.231. The first-order chi connectivity index (χ1) is 8.81. The molecule has 1 aromatic rings. The van der Waals surface area contributed by atoms with Gasteiger partial charge in [0.25, 0.3) is 0 Å². The van der Waals surface area contributed by atoms with Crippen LogP contribution in [0.3, 0.4) is 0 Å². The monoisotopic (exact) mass is 288 g/mol. The van der Waals surface area contributed by atoms with Crippen molar-refractivity contribution >= 4 is 22.2 Å². The van der Waals surface area contributed by atoms with Crippen LogP contribution in [0.2, 0.25) is 0 Å². The van der Waals surface area contributed by atoms with Gasteiger partial charge in [0.05, 0.1) is 17.5 Å². The van der Waals surface area contributed by atoms with Crippen molar-refractivity contribution in [1.29, 1.82) is 0 Å². The van der Waals surface area contributed by atoms with E-state index in [4.69, 9.17) is 10.5 Å². The van der Waals surface area contributed by atoms with Crippen LogP contribution in [0.15, 0.2) is 12.1 Å². The Morgan fingerprint density at radius 3 is 2.58 bits per heavy atom. The number of nitrogens with one attached hydrogen (secondary N) is 1. The van der Waals surface area contributed by atoms with Gasteiger partial charge in [-0.2, -0.15) is 0 Å². The lowest BCUT2D eigenvalue weighted by Crippen LogP contribution is -2.21. The molecule has 19 heavy (non-hydrogen) atoms. The first-order valence-electron chi connectivity index (χ1n) is 6.13. The Labute approximate surface area is 116 Å². The molecule has 0 heterocycles. The van der Waals surface area contributed by atoms with Crippen LogP contribution in [-0.2, 0) is 10.8 Å². The Morgan fingerprint density at radius 2 is 2.05 bits per heavy atom. The summed E-state index contributed by atoms with van der Waals surface area (Å²) in [6, 6.07) is 2.77. The maximum atomic E-state index is 13.6. The third-order valence-corrected chi connectivity index (χ3v) is 3.91. The van der Waals surface area contributed by atoms with Crippen LogP contribution in [0.1, 0.15) is 20.8 Å². The summed E-state index contributed by atoms with van der Waals surface area (Å²) < 4.78 is 30.3. The molecule has 108 valence electrons. The molecule has 0 fully saturated rings. The Bertz CT molecular complexity index is 466. The summed E-state index contributed by atoms with van der Waals surface area (Å²) >= 11 is 0. The van der Waals surface area contributed by atoms with Crippen LogP contribution in [0, 0.1) is 5.82 Å². The second-order valence-electron chi connectivity index (χ2n) is 4.73. The van der Waals surface area contributed by atoms with Gasteiger partial charge in [-0.1, -0.05) is 0 Å². The van der Waals surface area contributed by atoms with Gasteiger partial charge >= 0.3 is 0 Å². The Balaban J connectivity index is 2.85. The second kappa shape index (κ2) is 6.75.